The number of pyridine rings is 1. The summed E-state index contributed by atoms with van der Waals surface area (Å²) in [6, 6.07) is 6.02. The van der Waals surface area contributed by atoms with E-state index >= 15 is 0 Å². The van der Waals surface area contributed by atoms with Crippen LogP contribution in [-0.4, -0.2) is 82.1 Å². The lowest BCUT2D eigenvalue weighted by molar-refractivity contribution is 0.0331. The van der Waals surface area contributed by atoms with Crippen molar-refractivity contribution in [2.45, 2.75) is 25.9 Å². The summed E-state index contributed by atoms with van der Waals surface area (Å²) >= 11 is 0. The van der Waals surface area contributed by atoms with E-state index in [2.05, 4.69) is 38.0 Å². The lowest BCUT2D eigenvalue weighted by Gasteiger charge is -2.26. The fraction of sp³-hybridized carbons (Fsp3) is 0.407. The van der Waals surface area contributed by atoms with Crippen molar-refractivity contribution < 1.29 is 9.47 Å². The van der Waals surface area contributed by atoms with Gasteiger partial charge in [0.25, 0.3) is 0 Å². The highest BCUT2D eigenvalue weighted by Gasteiger charge is 2.23. The van der Waals surface area contributed by atoms with Crippen LogP contribution in [0.4, 0.5) is 11.6 Å². The summed E-state index contributed by atoms with van der Waals surface area (Å²) in [5.41, 5.74) is 4.49. The summed E-state index contributed by atoms with van der Waals surface area (Å²) in [6.07, 6.45) is 6.04. The van der Waals surface area contributed by atoms with Crippen LogP contribution in [0, 0.1) is 0 Å². The lowest BCUT2D eigenvalue weighted by Crippen LogP contribution is -2.36. The number of ether oxygens (including phenoxy) is 2. The zero-order valence-electron chi connectivity index (χ0n) is 22.8. The average Bonchev–Trinajstić information content (AvgIpc) is 3.64. The molecule has 13 nitrogen and oxygen atoms in total. The maximum Gasteiger partial charge on any atom is 0.222 e. The predicted molar refractivity (Wildman–Crippen MR) is 148 cm³/mol. The summed E-state index contributed by atoms with van der Waals surface area (Å²) in [5.74, 6) is 2.46. The first-order valence-electron chi connectivity index (χ1n) is 13.5. The molecule has 2 aliphatic rings. The molecule has 1 saturated heterocycles. The molecule has 0 radical (unpaired) electrons. The highest BCUT2D eigenvalue weighted by Crippen LogP contribution is 2.33. The summed E-state index contributed by atoms with van der Waals surface area (Å²) in [6.45, 7) is 6.83. The zero-order chi connectivity index (χ0) is 27.2. The smallest absolute Gasteiger partial charge is 0.222 e. The molecule has 5 aromatic rings. The molecule has 1 N–H and O–H groups in total. The molecule has 0 spiro atoms. The van der Waals surface area contributed by atoms with Crippen LogP contribution in [0.15, 0.2) is 36.8 Å². The van der Waals surface area contributed by atoms with E-state index in [0.717, 1.165) is 72.8 Å². The van der Waals surface area contributed by atoms with Crippen LogP contribution < -0.4 is 10.1 Å². The van der Waals surface area contributed by atoms with E-state index in [1.54, 1.807) is 17.1 Å². The van der Waals surface area contributed by atoms with Crippen molar-refractivity contribution in [1.29, 1.82) is 0 Å². The van der Waals surface area contributed by atoms with E-state index in [-0.39, 0.29) is 6.04 Å². The van der Waals surface area contributed by atoms with E-state index < -0.39 is 0 Å². The van der Waals surface area contributed by atoms with Gasteiger partial charge in [0.05, 0.1) is 43.3 Å². The summed E-state index contributed by atoms with van der Waals surface area (Å²) in [4.78, 5) is 16.3. The Morgan fingerprint density at radius 1 is 1.00 bits per heavy atom. The van der Waals surface area contributed by atoms with Gasteiger partial charge < -0.3 is 14.8 Å². The number of aromatic nitrogens is 9. The highest BCUT2D eigenvalue weighted by atomic mass is 16.5. The third kappa shape index (κ3) is 4.46. The summed E-state index contributed by atoms with van der Waals surface area (Å²) < 4.78 is 17.4. The van der Waals surface area contributed by atoms with Gasteiger partial charge in [-0.05, 0) is 19.1 Å². The first kappa shape index (κ1) is 24.7. The summed E-state index contributed by atoms with van der Waals surface area (Å²) in [7, 11) is 3.84. The molecule has 2 aliphatic heterocycles. The molecule has 1 fully saturated rings. The summed E-state index contributed by atoms with van der Waals surface area (Å²) in [5, 5.41) is 18.6. The lowest BCUT2D eigenvalue weighted by atomic mass is 10.2. The van der Waals surface area contributed by atoms with E-state index in [0.29, 0.717) is 29.9 Å². The Bertz CT molecular complexity index is 1680. The number of fused-ring (bicyclic) bond motifs is 5. The zero-order valence-corrected chi connectivity index (χ0v) is 22.8. The number of morpholine rings is 1. The highest BCUT2D eigenvalue weighted by molar-refractivity contribution is 5.93. The molecule has 0 amide bonds. The Morgan fingerprint density at radius 2 is 1.88 bits per heavy atom. The normalized spacial score (nSPS) is 17.8. The number of anilines is 2. The third-order valence-corrected chi connectivity index (χ3v) is 7.53. The monoisotopic (exact) mass is 541 g/mol. The van der Waals surface area contributed by atoms with Crippen molar-refractivity contribution >= 4 is 22.5 Å². The Balaban J connectivity index is 1.28. The molecule has 7 heterocycles. The first-order chi connectivity index (χ1) is 19.5. The molecule has 4 bridgehead atoms. The molecule has 40 heavy (non-hydrogen) atoms. The average molecular weight is 542 g/mol. The van der Waals surface area contributed by atoms with Gasteiger partial charge in [-0.1, -0.05) is 0 Å². The largest absolute Gasteiger partial charge is 0.477 e. The van der Waals surface area contributed by atoms with Gasteiger partial charge in [-0.3, -0.25) is 14.3 Å². The van der Waals surface area contributed by atoms with Gasteiger partial charge in [-0.15, -0.1) is 0 Å². The van der Waals surface area contributed by atoms with Crippen molar-refractivity contribution in [2.75, 3.05) is 38.2 Å². The van der Waals surface area contributed by atoms with Gasteiger partial charge in [0.15, 0.2) is 5.82 Å². The second kappa shape index (κ2) is 9.99. The second-order valence-corrected chi connectivity index (χ2v) is 10.3. The minimum Gasteiger partial charge on any atom is -0.477 e. The van der Waals surface area contributed by atoms with Crippen LogP contribution in [-0.2, 0) is 25.4 Å². The van der Waals surface area contributed by atoms with Crippen molar-refractivity contribution in [3.8, 4) is 28.7 Å². The Labute approximate surface area is 230 Å². The van der Waals surface area contributed by atoms with Gasteiger partial charge in [-0.25, -0.2) is 19.6 Å². The maximum atomic E-state index is 6.22. The Hall–Kier alpha value is -4.36. The molecule has 5 aromatic heterocycles. The Morgan fingerprint density at radius 3 is 2.75 bits per heavy atom. The molecule has 0 aliphatic carbocycles. The quantitative estimate of drug-likeness (QED) is 0.364. The molecular weight excluding hydrogens is 510 g/mol. The number of rotatable bonds is 3. The van der Waals surface area contributed by atoms with Crippen LogP contribution in [0.25, 0.3) is 33.7 Å². The molecule has 206 valence electrons. The van der Waals surface area contributed by atoms with Gasteiger partial charge in [0, 0.05) is 64.0 Å². The maximum absolute atomic E-state index is 6.22. The van der Waals surface area contributed by atoms with E-state index in [4.69, 9.17) is 29.6 Å². The number of nitrogens with one attached hydrogen (secondary N) is 1. The van der Waals surface area contributed by atoms with E-state index in [9.17, 15) is 0 Å². The van der Waals surface area contributed by atoms with Gasteiger partial charge in [0.2, 0.25) is 5.88 Å². The van der Waals surface area contributed by atoms with Crippen molar-refractivity contribution in [3.05, 3.63) is 42.5 Å². The minimum atomic E-state index is 0.0525. The molecular formula is C27H31N11O2. The van der Waals surface area contributed by atoms with Crippen LogP contribution in [0.3, 0.4) is 0 Å². The van der Waals surface area contributed by atoms with Crippen molar-refractivity contribution in [3.63, 3.8) is 0 Å². The van der Waals surface area contributed by atoms with Crippen LogP contribution in [0.1, 0.15) is 25.1 Å². The van der Waals surface area contributed by atoms with Crippen LogP contribution in [0.5, 0.6) is 5.88 Å². The van der Waals surface area contributed by atoms with E-state index in [1.807, 2.05) is 37.1 Å². The molecule has 0 aromatic carbocycles. The molecule has 13 heteroatoms. The van der Waals surface area contributed by atoms with Gasteiger partial charge >= 0.3 is 0 Å². The van der Waals surface area contributed by atoms with Crippen molar-refractivity contribution in [1.82, 2.24) is 49.2 Å². The van der Waals surface area contributed by atoms with Crippen molar-refractivity contribution in [2.24, 2.45) is 14.1 Å². The first-order valence-corrected chi connectivity index (χ1v) is 13.5. The molecule has 0 saturated carbocycles. The minimum absolute atomic E-state index is 0.0525. The molecule has 1 atom stereocenters. The number of hydrogen-bond acceptors (Lipinski definition) is 10. The van der Waals surface area contributed by atoms with Crippen LogP contribution in [0.2, 0.25) is 0 Å². The number of aryl methyl sites for hydroxylation is 2. The topological polar surface area (TPSA) is 126 Å². The van der Waals surface area contributed by atoms with Gasteiger partial charge in [0.1, 0.15) is 28.6 Å². The van der Waals surface area contributed by atoms with Gasteiger partial charge in [-0.2, -0.15) is 15.3 Å². The third-order valence-electron chi connectivity index (χ3n) is 7.53. The fourth-order valence-electron chi connectivity index (χ4n) is 5.27. The Kier molecular flexibility index (Phi) is 6.16. The SMILES string of the molecule is C[C@H]1CCOc2c(cnn2C)-c2nccc(n2)Nc2cc3c(cn2)c(-c2cc(CN4CCOCC4)n(C)n2)nn31. The second-order valence-electron chi connectivity index (χ2n) is 10.3. The van der Waals surface area contributed by atoms with Crippen LogP contribution >= 0.6 is 0 Å². The standard InChI is InChI=1S/C27H31N11O2/c1-17-5-9-40-27-20(15-30-36(27)3)26-28-6-4-23(32-26)31-24-13-22-19(14-29-24)25(34-38(17)22)21-12-18(35(2)33-21)16-37-7-10-39-11-8-37/h4,6,12-15,17H,5,7-11,16H2,1-3H3,(H,28,29,31,32)/t17-/m0/s1. The molecule has 7 rings (SSSR count). The number of hydrogen-bond donors (Lipinski definition) is 1. The van der Waals surface area contributed by atoms with E-state index in [1.165, 1.54) is 0 Å². The number of nitrogens with zero attached hydrogens (tertiary/aromatic N) is 10. The predicted octanol–water partition coefficient (Wildman–Crippen LogP) is 2.94. The fourth-order valence-corrected chi connectivity index (χ4v) is 5.27. The molecule has 0 unspecified atom stereocenters.